The van der Waals surface area contributed by atoms with Gasteiger partial charge in [-0.3, -0.25) is 4.68 Å². The van der Waals surface area contributed by atoms with E-state index in [-0.39, 0.29) is 6.61 Å². The van der Waals surface area contributed by atoms with Gasteiger partial charge >= 0.3 is 0 Å². The van der Waals surface area contributed by atoms with E-state index in [1.54, 1.807) is 10.9 Å². The lowest BCUT2D eigenvalue weighted by Crippen LogP contribution is -2.02. The molecule has 2 aromatic heterocycles. The van der Waals surface area contributed by atoms with Gasteiger partial charge in [0.05, 0.1) is 24.7 Å². The van der Waals surface area contributed by atoms with Crippen molar-refractivity contribution in [3.63, 3.8) is 0 Å². The van der Waals surface area contributed by atoms with Crippen molar-refractivity contribution in [3.8, 4) is 0 Å². The zero-order valence-corrected chi connectivity index (χ0v) is 13.1. The van der Waals surface area contributed by atoms with Crippen molar-refractivity contribution in [2.24, 2.45) is 7.05 Å². The normalized spacial score (nSPS) is 10.6. The minimum atomic E-state index is -0.0767. The van der Waals surface area contributed by atoms with E-state index in [1.807, 2.05) is 37.5 Å². The summed E-state index contributed by atoms with van der Waals surface area (Å²) in [7, 11) is 1.83. The van der Waals surface area contributed by atoms with Gasteiger partial charge in [-0.15, -0.1) is 0 Å². The third kappa shape index (κ3) is 3.58. The van der Waals surface area contributed by atoms with Gasteiger partial charge in [0, 0.05) is 24.5 Å². The summed E-state index contributed by atoms with van der Waals surface area (Å²) >= 11 is 6.15. The molecule has 23 heavy (non-hydrogen) atoms. The number of hydrogen-bond donors (Lipinski definition) is 3. The van der Waals surface area contributed by atoms with Crippen molar-refractivity contribution in [1.82, 2.24) is 19.7 Å². The molecule has 118 valence electrons. The van der Waals surface area contributed by atoms with E-state index >= 15 is 0 Å². The molecule has 2 heterocycles. The van der Waals surface area contributed by atoms with Crippen LogP contribution in [0, 0.1) is 0 Å². The Morgan fingerprint density at radius 1 is 1.22 bits per heavy atom. The van der Waals surface area contributed by atoms with Gasteiger partial charge in [0.2, 0.25) is 5.95 Å². The van der Waals surface area contributed by atoms with Crippen molar-refractivity contribution >= 4 is 34.7 Å². The van der Waals surface area contributed by atoms with Gasteiger partial charge in [0.1, 0.15) is 5.02 Å². The van der Waals surface area contributed by atoms with Crippen LogP contribution in [-0.2, 0) is 13.7 Å². The number of aromatic nitrogens is 4. The largest absolute Gasteiger partial charge is 0.392 e. The fourth-order valence-corrected chi connectivity index (χ4v) is 2.18. The number of nitrogens with one attached hydrogen (secondary N) is 2. The predicted octanol–water partition coefficient (Wildman–Crippen LogP) is 2.84. The van der Waals surface area contributed by atoms with Crippen LogP contribution < -0.4 is 10.6 Å². The molecule has 7 nitrogen and oxygen atoms in total. The van der Waals surface area contributed by atoms with Crippen LogP contribution >= 0.6 is 11.6 Å². The van der Waals surface area contributed by atoms with Crippen LogP contribution in [0.15, 0.2) is 42.9 Å². The molecule has 1 aromatic carbocycles. The fraction of sp³-hybridized carbons (Fsp3) is 0.133. The second-order valence-electron chi connectivity index (χ2n) is 4.86. The first-order valence-electron chi connectivity index (χ1n) is 6.89. The Balaban J connectivity index is 1.85. The molecular formula is C15H15ClN6O. The molecule has 3 aromatic rings. The Morgan fingerprint density at radius 3 is 2.78 bits per heavy atom. The van der Waals surface area contributed by atoms with Gasteiger partial charge in [0.15, 0.2) is 5.82 Å². The van der Waals surface area contributed by atoms with Gasteiger partial charge in [-0.2, -0.15) is 10.1 Å². The lowest BCUT2D eigenvalue weighted by molar-refractivity contribution is 0.282. The molecule has 8 heteroatoms. The van der Waals surface area contributed by atoms with Crippen molar-refractivity contribution < 1.29 is 5.11 Å². The SMILES string of the molecule is Cn1cc(Nc2ncc(Cl)c(Nc3ccccc3CO)n2)cn1. The van der Waals surface area contributed by atoms with E-state index in [9.17, 15) is 5.11 Å². The van der Waals surface area contributed by atoms with Gasteiger partial charge < -0.3 is 15.7 Å². The molecule has 0 saturated heterocycles. The minimum absolute atomic E-state index is 0.0767. The average Bonchev–Trinajstić information content (AvgIpc) is 2.96. The number of aliphatic hydroxyl groups is 1. The highest BCUT2D eigenvalue weighted by atomic mass is 35.5. The number of aliphatic hydroxyl groups excluding tert-OH is 1. The molecule has 0 bridgehead atoms. The first kappa shape index (κ1) is 15.3. The molecule has 0 atom stereocenters. The standard InChI is InChI=1S/C15H15ClN6O/c1-22-8-11(6-18-22)19-15-17-7-12(16)14(21-15)20-13-5-3-2-4-10(13)9-23/h2-8,23H,9H2,1H3,(H2,17,19,20,21). The molecule has 0 radical (unpaired) electrons. The van der Waals surface area contributed by atoms with Gasteiger partial charge in [-0.1, -0.05) is 29.8 Å². The Bertz CT molecular complexity index is 819. The van der Waals surface area contributed by atoms with E-state index in [0.29, 0.717) is 16.8 Å². The van der Waals surface area contributed by atoms with Gasteiger partial charge in [-0.25, -0.2) is 4.98 Å². The molecule has 3 rings (SSSR count). The molecule has 0 saturated carbocycles. The van der Waals surface area contributed by atoms with E-state index in [1.165, 1.54) is 6.20 Å². The Hall–Kier alpha value is -2.64. The predicted molar refractivity (Wildman–Crippen MR) is 89.2 cm³/mol. The molecule has 0 fully saturated rings. The number of nitrogens with zero attached hydrogens (tertiary/aromatic N) is 4. The van der Waals surface area contributed by atoms with Crippen molar-refractivity contribution in [2.75, 3.05) is 10.6 Å². The molecule has 3 N–H and O–H groups in total. The number of anilines is 4. The molecule has 0 aliphatic rings. The van der Waals surface area contributed by atoms with Crippen molar-refractivity contribution in [3.05, 3.63) is 53.4 Å². The van der Waals surface area contributed by atoms with Gasteiger partial charge in [-0.05, 0) is 6.07 Å². The van der Waals surface area contributed by atoms with Crippen LogP contribution in [-0.4, -0.2) is 24.9 Å². The summed E-state index contributed by atoms with van der Waals surface area (Å²) in [5.41, 5.74) is 2.27. The van der Waals surface area contributed by atoms with Crippen molar-refractivity contribution in [1.29, 1.82) is 0 Å². The smallest absolute Gasteiger partial charge is 0.229 e. The summed E-state index contributed by atoms with van der Waals surface area (Å²) in [4.78, 5) is 8.51. The van der Waals surface area contributed by atoms with Crippen LogP contribution in [0.1, 0.15) is 5.56 Å². The number of benzene rings is 1. The lowest BCUT2D eigenvalue weighted by Gasteiger charge is -2.12. The fourth-order valence-electron chi connectivity index (χ4n) is 2.04. The monoisotopic (exact) mass is 330 g/mol. The third-order valence-corrected chi connectivity index (χ3v) is 3.42. The quantitative estimate of drug-likeness (QED) is 0.666. The summed E-state index contributed by atoms with van der Waals surface area (Å²) in [5.74, 6) is 0.848. The van der Waals surface area contributed by atoms with E-state index in [0.717, 1.165) is 16.9 Å². The number of rotatable bonds is 5. The Kier molecular flexibility index (Phi) is 4.40. The molecule has 0 aliphatic carbocycles. The van der Waals surface area contributed by atoms with Crippen LogP contribution in [0.4, 0.5) is 23.1 Å². The summed E-state index contributed by atoms with van der Waals surface area (Å²) in [6, 6.07) is 7.39. The van der Waals surface area contributed by atoms with Crippen molar-refractivity contribution in [2.45, 2.75) is 6.61 Å². The molecular weight excluding hydrogens is 316 g/mol. The van der Waals surface area contributed by atoms with Crippen LogP contribution in [0.2, 0.25) is 5.02 Å². The zero-order chi connectivity index (χ0) is 16.2. The number of aryl methyl sites for hydroxylation is 1. The molecule has 0 amide bonds. The maximum atomic E-state index is 9.39. The highest BCUT2D eigenvalue weighted by Gasteiger charge is 2.09. The van der Waals surface area contributed by atoms with Crippen LogP contribution in [0.5, 0.6) is 0 Å². The third-order valence-electron chi connectivity index (χ3n) is 3.15. The minimum Gasteiger partial charge on any atom is -0.392 e. The van der Waals surface area contributed by atoms with E-state index in [4.69, 9.17) is 11.6 Å². The van der Waals surface area contributed by atoms with Crippen LogP contribution in [0.25, 0.3) is 0 Å². The van der Waals surface area contributed by atoms with Gasteiger partial charge in [0.25, 0.3) is 0 Å². The zero-order valence-electron chi connectivity index (χ0n) is 12.4. The summed E-state index contributed by atoms with van der Waals surface area (Å²) in [6.07, 6.45) is 5.00. The molecule has 0 aliphatic heterocycles. The molecule has 0 spiro atoms. The maximum Gasteiger partial charge on any atom is 0.229 e. The number of halogens is 1. The average molecular weight is 331 g/mol. The summed E-state index contributed by atoms with van der Waals surface area (Å²) < 4.78 is 1.68. The number of para-hydroxylation sites is 1. The summed E-state index contributed by atoms with van der Waals surface area (Å²) in [6.45, 7) is -0.0767. The highest BCUT2D eigenvalue weighted by molar-refractivity contribution is 6.32. The second kappa shape index (κ2) is 6.64. The highest BCUT2D eigenvalue weighted by Crippen LogP contribution is 2.26. The first-order chi connectivity index (χ1) is 11.2. The molecule has 0 unspecified atom stereocenters. The van der Waals surface area contributed by atoms with E-state index < -0.39 is 0 Å². The Labute approximate surface area is 138 Å². The maximum absolute atomic E-state index is 9.39. The van der Waals surface area contributed by atoms with Crippen LogP contribution in [0.3, 0.4) is 0 Å². The van der Waals surface area contributed by atoms with E-state index in [2.05, 4.69) is 25.7 Å². The Morgan fingerprint density at radius 2 is 2.04 bits per heavy atom. The topological polar surface area (TPSA) is 87.9 Å². The lowest BCUT2D eigenvalue weighted by atomic mass is 10.2. The summed E-state index contributed by atoms with van der Waals surface area (Å²) in [5, 5.41) is 20.0. The second-order valence-corrected chi connectivity index (χ2v) is 5.27. The number of hydrogen-bond acceptors (Lipinski definition) is 6. The first-order valence-corrected chi connectivity index (χ1v) is 7.27.